The van der Waals surface area contributed by atoms with Crippen molar-refractivity contribution in [1.82, 2.24) is 5.32 Å². The molecule has 1 aromatic carbocycles. The minimum atomic E-state index is -0.237. The van der Waals surface area contributed by atoms with E-state index in [0.717, 1.165) is 0 Å². The summed E-state index contributed by atoms with van der Waals surface area (Å²) in [7, 11) is 1.96. The summed E-state index contributed by atoms with van der Waals surface area (Å²) in [6, 6.07) is 5.61. The lowest BCUT2D eigenvalue weighted by Gasteiger charge is -2.23. The van der Waals surface area contributed by atoms with Gasteiger partial charge in [-0.1, -0.05) is 25.0 Å². The third kappa shape index (κ3) is 3.02. The molecule has 0 amide bonds. The van der Waals surface area contributed by atoms with Gasteiger partial charge < -0.3 is 10.1 Å². The van der Waals surface area contributed by atoms with Crippen LogP contribution in [0.3, 0.4) is 0 Å². The van der Waals surface area contributed by atoms with Crippen molar-refractivity contribution in [3.63, 3.8) is 0 Å². The molecule has 1 aliphatic rings. The van der Waals surface area contributed by atoms with Crippen LogP contribution in [-0.4, -0.2) is 19.7 Å². The van der Waals surface area contributed by atoms with Crippen LogP contribution in [0.15, 0.2) is 18.2 Å². The Morgan fingerprint density at radius 1 is 1.39 bits per heavy atom. The van der Waals surface area contributed by atoms with E-state index in [1.807, 2.05) is 13.1 Å². The summed E-state index contributed by atoms with van der Waals surface area (Å²) in [5.74, 6) is 0.801. The molecule has 1 unspecified atom stereocenters. The molecule has 0 aliphatic heterocycles. The van der Waals surface area contributed by atoms with Crippen molar-refractivity contribution >= 4 is 0 Å². The zero-order chi connectivity index (χ0) is 13.0. The summed E-state index contributed by atoms with van der Waals surface area (Å²) in [5, 5.41) is 3.30. The summed E-state index contributed by atoms with van der Waals surface area (Å²) in [6.45, 7) is 2.30. The number of hydrogen-bond donors (Lipinski definition) is 1. The number of halogens is 1. The largest absolute Gasteiger partial charge is 0.489 e. The van der Waals surface area contributed by atoms with Crippen LogP contribution in [0.2, 0.25) is 0 Å². The number of ether oxygens (including phenoxy) is 1. The topological polar surface area (TPSA) is 21.3 Å². The van der Waals surface area contributed by atoms with Gasteiger partial charge in [0.25, 0.3) is 0 Å². The second-order valence-corrected chi connectivity index (χ2v) is 5.14. The van der Waals surface area contributed by atoms with Gasteiger partial charge in [-0.3, -0.25) is 0 Å². The molecule has 0 saturated heterocycles. The van der Waals surface area contributed by atoms with Crippen molar-refractivity contribution in [3.8, 4) is 5.75 Å². The van der Waals surface area contributed by atoms with Gasteiger partial charge in [0.05, 0.1) is 0 Å². The molecule has 1 atom stereocenters. The Balaban J connectivity index is 1.94. The Hall–Kier alpha value is -1.09. The molecule has 18 heavy (non-hydrogen) atoms. The Bertz CT molecular complexity index is 388. The van der Waals surface area contributed by atoms with Gasteiger partial charge in [0.1, 0.15) is 6.61 Å². The fraction of sp³-hybridized carbons (Fsp3) is 0.600. The lowest BCUT2D eigenvalue weighted by atomic mass is 9.99. The Morgan fingerprint density at radius 2 is 2.11 bits per heavy atom. The SMILES string of the molecule is CNC(COc1cccc(C)c1F)C1CCCC1. The van der Waals surface area contributed by atoms with E-state index in [2.05, 4.69) is 5.32 Å². The number of hydrogen-bond acceptors (Lipinski definition) is 2. The molecule has 100 valence electrons. The van der Waals surface area contributed by atoms with E-state index < -0.39 is 0 Å². The predicted molar refractivity (Wildman–Crippen MR) is 71.4 cm³/mol. The number of aryl methyl sites for hydroxylation is 1. The standard InChI is InChI=1S/C15H22FNO/c1-11-6-5-9-14(15(11)16)18-10-13(17-2)12-7-3-4-8-12/h5-6,9,12-13,17H,3-4,7-8,10H2,1-2H3. The zero-order valence-corrected chi connectivity index (χ0v) is 11.2. The Labute approximate surface area is 109 Å². The predicted octanol–water partition coefficient (Wildman–Crippen LogP) is 3.29. The van der Waals surface area contributed by atoms with Crippen LogP contribution < -0.4 is 10.1 Å². The molecular weight excluding hydrogens is 229 g/mol. The molecular formula is C15H22FNO. The van der Waals surface area contributed by atoms with Gasteiger partial charge >= 0.3 is 0 Å². The van der Waals surface area contributed by atoms with Crippen LogP contribution >= 0.6 is 0 Å². The van der Waals surface area contributed by atoms with Gasteiger partial charge in [-0.25, -0.2) is 4.39 Å². The quantitative estimate of drug-likeness (QED) is 0.867. The molecule has 0 heterocycles. The van der Waals surface area contributed by atoms with Crippen LogP contribution in [-0.2, 0) is 0 Å². The lowest BCUT2D eigenvalue weighted by Crippen LogP contribution is -2.37. The van der Waals surface area contributed by atoms with Gasteiger partial charge in [0.15, 0.2) is 11.6 Å². The average Bonchev–Trinajstić information content (AvgIpc) is 2.89. The van der Waals surface area contributed by atoms with E-state index in [1.54, 1.807) is 19.1 Å². The van der Waals surface area contributed by atoms with E-state index in [1.165, 1.54) is 25.7 Å². The summed E-state index contributed by atoms with van der Waals surface area (Å²) in [6.07, 6.45) is 5.12. The van der Waals surface area contributed by atoms with Gasteiger partial charge in [-0.2, -0.15) is 0 Å². The van der Waals surface area contributed by atoms with Crippen molar-refractivity contribution in [3.05, 3.63) is 29.6 Å². The number of benzene rings is 1. The Morgan fingerprint density at radius 3 is 2.78 bits per heavy atom. The third-order valence-electron chi connectivity index (χ3n) is 3.91. The van der Waals surface area contributed by atoms with Gasteiger partial charge in [-0.05, 0) is 44.4 Å². The van der Waals surface area contributed by atoms with Gasteiger partial charge in [0, 0.05) is 6.04 Å². The summed E-state index contributed by atoms with van der Waals surface area (Å²) < 4.78 is 19.4. The highest BCUT2D eigenvalue weighted by Gasteiger charge is 2.24. The molecule has 1 fully saturated rings. The van der Waals surface area contributed by atoms with Crippen molar-refractivity contribution < 1.29 is 9.13 Å². The first-order valence-electron chi connectivity index (χ1n) is 6.77. The normalized spacial score (nSPS) is 17.9. The van der Waals surface area contributed by atoms with Crippen molar-refractivity contribution in [1.29, 1.82) is 0 Å². The summed E-state index contributed by atoms with van der Waals surface area (Å²) >= 11 is 0. The third-order valence-corrected chi connectivity index (χ3v) is 3.91. The van der Waals surface area contributed by atoms with E-state index in [9.17, 15) is 4.39 Å². The maximum Gasteiger partial charge on any atom is 0.167 e. The fourth-order valence-electron chi connectivity index (χ4n) is 2.73. The molecule has 2 rings (SSSR count). The molecule has 1 N–H and O–H groups in total. The highest BCUT2D eigenvalue weighted by molar-refractivity contribution is 5.30. The van der Waals surface area contributed by atoms with E-state index >= 15 is 0 Å². The smallest absolute Gasteiger partial charge is 0.167 e. The molecule has 1 aromatic rings. The lowest BCUT2D eigenvalue weighted by molar-refractivity contribution is 0.217. The Kier molecular flexibility index (Phi) is 4.59. The van der Waals surface area contributed by atoms with Crippen molar-refractivity contribution in [2.45, 2.75) is 38.6 Å². The first-order valence-corrected chi connectivity index (χ1v) is 6.77. The second kappa shape index (κ2) is 6.19. The molecule has 0 spiro atoms. The molecule has 1 saturated carbocycles. The summed E-state index contributed by atoms with van der Waals surface area (Å²) in [5.41, 5.74) is 0.634. The monoisotopic (exact) mass is 251 g/mol. The highest BCUT2D eigenvalue weighted by Crippen LogP contribution is 2.28. The van der Waals surface area contributed by atoms with Crippen LogP contribution in [0, 0.1) is 18.7 Å². The van der Waals surface area contributed by atoms with Gasteiger partial charge in [0.2, 0.25) is 0 Å². The minimum absolute atomic E-state index is 0.237. The van der Waals surface area contributed by atoms with E-state index in [-0.39, 0.29) is 5.82 Å². The second-order valence-electron chi connectivity index (χ2n) is 5.14. The van der Waals surface area contributed by atoms with Crippen LogP contribution in [0.25, 0.3) is 0 Å². The highest BCUT2D eigenvalue weighted by atomic mass is 19.1. The van der Waals surface area contributed by atoms with Crippen LogP contribution in [0.5, 0.6) is 5.75 Å². The maximum atomic E-state index is 13.8. The van der Waals surface area contributed by atoms with Crippen LogP contribution in [0.1, 0.15) is 31.2 Å². The molecule has 0 aromatic heterocycles. The molecule has 2 nitrogen and oxygen atoms in total. The molecule has 0 bridgehead atoms. The van der Waals surface area contributed by atoms with Gasteiger partial charge in [-0.15, -0.1) is 0 Å². The first-order chi connectivity index (χ1) is 8.72. The van der Waals surface area contributed by atoms with Crippen molar-refractivity contribution in [2.24, 2.45) is 5.92 Å². The first kappa shape index (κ1) is 13.3. The fourth-order valence-corrected chi connectivity index (χ4v) is 2.73. The van der Waals surface area contributed by atoms with E-state index in [0.29, 0.717) is 29.9 Å². The minimum Gasteiger partial charge on any atom is -0.489 e. The van der Waals surface area contributed by atoms with E-state index in [4.69, 9.17) is 4.74 Å². The van der Waals surface area contributed by atoms with Crippen LogP contribution in [0.4, 0.5) is 4.39 Å². The number of rotatable bonds is 5. The average molecular weight is 251 g/mol. The molecule has 3 heteroatoms. The zero-order valence-electron chi connectivity index (χ0n) is 11.2. The number of likely N-dealkylation sites (N-methyl/N-ethyl adjacent to an activating group) is 1. The molecule has 1 aliphatic carbocycles. The maximum absolute atomic E-state index is 13.8. The number of nitrogens with one attached hydrogen (secondary N) is 1. The molecule has 0 radical (unpaired) electrons. The van der Waals surface area contributed by atoms with Crippen molar-refractivity contribution in [2.75, 3.05) is 13.7 Å². The summed E-state index contributed by atoms with van der Waals surface area (Å²) in [4.78, 5) is 0.